The van der Waals surface area contributed by atoms with Gasteiger partial charge in [-0.05, 0) is 20.8 Å². The molecule has 0 aliphatic carbocycles. The molecular formula is C12H18N4O4. The number of rotatable bonds is 0. The Morgan fingerprint density at radius 2 is 2.25 bits per heavy atom. The molecule has 110 valence electrons. The number of ether oxygens (including phenoxy) is 1. The van der Waals surface area contributed by atoms with Crippen LogP contribution in [0.3, 0.4) is 0 Å². The van der Waals surface area contributed by atoms with E-state index in [2.05, 4.69) is 15.6 Å². The summed E-state index contributed by atoms with van der Waals surface area (Å²) in [4.78, 5) is 28.1. The standard InChI is InChI=1S/C12H18N4O4/c1-12(2,3)20-10(17)15-9-13-7-5-4-6-16(11(18)19)8(7)14-9/h4-5,7-8H,6H2,1-3H3,(H,18,19)(H2,13,14,15,17)/t7-,8+/m1/s1. The highest BCUT2D eigenvalue weighted by Gasteiger charge is 2.37. The molecule has 0 unspecified atom stereocenters. The Hall–Kier alpha value is -2.25. The quantitative estimate of drug-likeness (QED) is 0.568. The van der Waals surface area contributed by atoms with Gasteiger partial charge in [-0.3, -0.25) is 10.2 Å². The highest BCUT2D eigenvalue weighted by molar-refractivity contribution is 5.95. The van der Waals surface area contributed by atoms with Crippen molar-refractivity contribution in [3.05, 3.63) is 12.2 Å². The van der Waals surface area contributed by atoms with Gasteiger partial charge >= 0.3 is 12.2 Å². The summed E-state index contributed by atoms with van der Waals surface area (Å²) in [5.41, 5.74) is -0.608. The molecule has 20 heavy (non-hydrogen) atoms. The summed E-state index contributed by atoms with van der Waals surface area (Å²) in [5.74, 6) is 0.215. The molecule has 0 saturated heterocycles. The summed E-state index contributed by atoms with van der Waals surface area (Å²) < 4.78 is 5.11. The van der Waals surface area contributed by atoms with E-state index in [4.69, 9.17) is 9.84 Å². The Morgan fingerprint density at radius 1 is 1.55 bits per heavy atom. The SMILES string of the molecule is CC(C)(C)OC(=O)NC1=N[C@@H]2[C@@H](C=CCN2C(=O)O)N1. The summed E-state index contributed by atoms with van der Waals surface area (Å²) in [6, 6.07) is -0.273. The first-order chi connectivity index (χ1) is 9.26. The molecule has 2 atom stereocenters. The number of hydrogen-bond acceptors (Lipinski definition) is 5. The van der Waals surface area contributed by atoms with Gasteiger partial charge in [-0.15, -0.1) is 0 Å². The Morgan fingerprint density at radius 3 is 2.85 bits per heavy atom. The van der Waals surface area contributed by atoms with Crippen LogP contribution in [0.15, 0.2) is 17.1 Å². The maximum atomic E-state index is 11.6. The van der Waals surface area contributed by atoms with Gasteiger partial charge < -0.3 is 15.2 Å². The van der Waals surface area contributed by atoms with E-state index in [1.807, 2.05) is 6.08 Å². The lowest BCUT2D eigenvalue weighted by molar-refractivity contribution is 0.0561. The maximum absolute atomic E-state index is 11.6. The Kier molecular flexibility index (Phi) is 3.56. The van der Waals surface area contributed by atoms with Gasteiger partial charge in [-0.25, -0.2) is 14.6 Å². The van der Waals surface area contributed by atoms with Crippen LogP contribution in [0, 0.1) is 0 Å². The number of guanidine groups is 1. The number of alkyl carbamates (subject to hydrolysis) is 1. The van der Waals surface area contributed by atoms with E-state index in [1.165, 1.54) is 4.90 Å². The predicted octanol–water partition coefficient (Wildman–Crippen LogP) is 0.715. The summed E-state index contributed by atoms with van der Waals surface area (Å²) in [6.07, 6.45) is 1.33. The minimum Gasteiger partial charge on any atom is -0.465 e. The number of hydrogen-bond donors (Lipinski definition) is 3. The average molecular weight is 282 g/mol. The van der Waals surface area contributed by atoms with Crippen LogP contribution in [0.1, 0.15) is 20.8 Å². The number of aliphatic imine (C=N–C) groups is 1. The molecule has 0 aromatic carbocycles. The minimum atomic E-state index is -1.05. The second-order valence-corrected chi connectivity index (χ2v) is 5.55. The van der Waals surface area contributed by atoms with Crippen molar-refractivity contribution < 1.29 is 19.4 Å². The third kappa shape index (κ3) is 3.19. The minimum absolute atomic E-state index is 0.215. The zero-order valence-corrected chi connectivity index (χ0v) is 11.6. The lowest BCUT2D eigenvalue weighted by Gasteiger charge is -2.29. The van der Waals surface area contributed by atoms with Crippen LogP contribution in [0.2, 0.25) is 0 Å². The van der Waals surface area contributed by atoms with Gasteiger partial charge in [0.25, 0.3) is 0 Å². The van der Waals surface area contributed by atoms with Gasteiger partial charge in [-0.1, -0.05) is 12.2 Å². The number of carbonyl (C=O) groups excluding carboxylic acids is 1. The molecule has 8 heteroatoms. The van der Waals surface area contributed by atoms with Crippen LogP contribution in [0.4, 0.5) is 9.59 Å². The van der Waals surface area contributed by atoms with E-state index in [9.17, 15) is 9.59 Å². The summed E-state index contributed by atoms with van der Waals surface area (Å²) in [6.45, 7) is 5.54. The van der Waals surface area contributed by atoms with E-state index >= 15 is 0 Å². The second kappa shape index (κ2) is 5.03. The molecule has 0 spiro atoms. The molecule has 2 amide bonds. The first-order valence-electron chi connectivity index (χ1n) is 6.27. The van der Waals surface area contributed by atoms with Gasteiger partial charge in [-0.2, -0.15) is 0 Å². The third-order valence-corrected chi connectivity index (χ3v) is 2.72. The monoisotopic (exact) mass is 282 g/mol. The van der Waals surface area contributed by atoms with Crippen LogP contribution in [0.25, 0.3) is 0 Å². The van der Waals surface area contributed by atoms with Gasteiger partial charge in [0.1, 0.15) is 5.60 Å². The van der Waals surface area contributed by atoms with E-state index < -0.39 is 24.0 Å². The molecule has 0 bridgehead atoms. The van der Waals surface area contributed by atoms with Gasteiger partial charge in [0.05, 0.1) is 6.04 Å². The average Bonchev–Trinajstić information content (AvgIpc) is 2.67. The summed E-state index contributed by atoms with van der Waals surface area (Å²) in [5, 5.41) is 14.5. The highest BCUT2D eigenvalue weighted by Crippen LogP contribution is 2.18. The van der Waals surface area contributed by atoms with E-state index in [-0.39, 0.29) is 18.5 Å². The fourth-order valence-corrected chi connectivity index (χ4v) is 1.98. The zero-order chi connectivity index (χ0) is 14.9. The number of carbonyl (C=O) groups is 2. The largest absolute Gasteiger partial charge is 0.465 e. The van der Waals surface area contributed by atoms with Crippen LogP contribution >= 0.6 is 0 Å². The van der Waals surface area contributed by atoms with Crippen molar-refractivity contribution in [2.24, 2.45) is 4.99 Å². The van der Waals surface area contributed by atoms with Crippen molar-refractivity contribution in [1.82, 2.24) is 15.5 Å². The molecule has 0 fully saturated rings. The van der Waals surface area contributed by atoms with Crippen molar-refractivity contribution in [3.63, 3.8) is 0 Å². The number of fused-ring (bicyclic) bond motifs is 1. The van der Waals surface area contributed by atoms with Crippen LogP contribution in [-0.4, -0.2) is 52.5 Å². The molecule has 0 radical (unpaired) electrons. The number of carboxylic acid groups (broad SMARTS) is 1. The lowest BCUT2D eigenvalue weighted by atomic mass is 10.1. The molecule has 0 saturated carbocycles. The first-order valence-corrected chi connectivity index (χ1v) is 6.27. The predicted molar refractivity (Wildman–Crippen MR) is 71.4 cm³/mol. The summed E-state index contributed by atoms with van der Waals surface area (Å²) >= 11 is 0. The Labute approximate surface area is 116 Å². The van der Waals surface area contributed by atoms with Crippen LogP contribution in [0.5, 0.6) is 0 Å². The van der Waals surface area contributed by atoms with Crippen molar-refractivity contribution >= 4 is 18.1 Å². The van der Waals surface area contributed by atoms with Crippen molar-refractivity contribution in [1.29, 1.82) is 0 Å². The molecule has 2 heterocycles. The van der Waals surface area contributed by atoms with Gasteiger partial charge in [0, 0.05) is 6.54 Å². The molecular weight excluding hydrogens is 264 g/mol. The molecule has 2 aliphatic rings. The van der Waals surface area contributed by atoms with Crippen LogP contribution in [-0.2, 0) is 4.74 Å². The van der Waals surface area contributed by atoms with Crippen molar-refractivity contribution in [3.8, 4) is 0 Å². The Balaban J connectivity index is 2.02. The number of nitrogens with one attached hydrogen (secondary N) is 2. The van der Waals surface area contributed by atoms with Gasteiger partial charge in [0.2, 0.25) is 5.96 Å². The number of amides is 2. The first kappa shape index (κ1) is 14.2. The maximum Gasteiger partial charge on any atom is 0.414 e. The summed E-state index contributed by atoms with van der Waals surface area (Å²) in [7, 11) is 0. The normalized spacial score (nSPS) is 24.6. The molecule has 2 aliphatic heterocycles. The van der Waals surface area contributed by atoms with Gasteiger partial charge in [0.15, 0.2) is 6.17 Å². The fraction of sp³-hybridized carbons (Fsp3) is 0.583. The topological polar surface area (TPSA) is 103 Å². The van der Waals surface area contributed by atoms with Crippen LogP contribution < -0.4 is 10.6 Å². The van der Waals surface area contributed by atoms with E-state index in [0.717, 1.165) is 0 Å². The molecule has 3 N–H and O–H groups in total. The van der Waals surface area contributed by atoms with E-state index in [0.29, 0.717) is 0 Å². The highest BCUT2D eigenvalue weighted by atomic mass is 16.6. The molecule has 0 aromatic heterocycles. The third-order valence-electron chi connectivity index (χ3n) is 2.72. The molecule has 2 rings (SSSR count). The second-order valence-electron chi connectivity index (χ2n) is 5.55. The number of nitrogens with zero attached hydrogens (tertiary/aromatic N) is 2. The van der Waals surface area contributed by atoms with Crippen molar-refractivity contribution in [2.45, 2.75) is 38.6 Å². The molecule has 0 aromatic rings. The fourth-order valence-electron chi connectivity index (χ4n) is 1.98. The Bertz CT molecular complexity index is 480. The smallest absolute Gasteiger partial charge is 0.414 e. The zero-order valence-electron chi connectivity index (χ0n) is 11.6. The van der Waals surface area contributed by atoms with E-state index in [1.54, 1.807) is 26.8 Å². The molecule has 8 nitrogen and oxygen atoms in total. The van der Waals surface area contributed by atoms with Crippen molar-refractivity contribution in [2.75, 3.05) is 6.54 Å². The lowest BCUT2D eigenvalue weighted by Crippen LogP contribution is -2.50.